The minimum Gasteiger partial charge on any atom is -0.325 e. The van der Waals surface area contributed by atoms with E-state index in [4.69, 9.17) is 0 Å². The van der Waals surface area contributed by atoms with Crippen LogP contribution in [0.25, 0.3) is 0 Å². The summed E-state index contributed by atoms with van der Waals surface area (Å²) in [4.78, 5) is 13.5. The van der Waals surface area contributed by atoms with Crippen molar-refractivity contribution in [2.45, 2.75) is 42.7 Å². The van der Waals surface area contributed by atoms with Gasteiger partial charge in [-0.1, -0.05) is 19.9 Å². The zero-order chi connectivity index (χ0) is 20.9. The smallest absolute Gasteiger partial charge is 0.243 e. The number of carbonyl (C=O) groups is 1. The highest BCUT2D eigenvalue weighted by Gasteiger charge is 2.24. The Morgan fingerprint density at radius 3 is 2.32 bits per heavy atom. The largest absolute Gasteiger partial charge is 0.325 e. The van der Waals surface area contributed by atoms with Crippen molar-refractivity contribution in [3.05, 3.63) is 53.8 Å². The summed E-state index contributed by atoms with van der Waals surface area (Å²) in [5, 5.41) is 2.34. The highest BCUT2D eigenvalue weighted by molar-refractivity contribution is 8.00. The van der Waals surface area contributed by atoms with Crippen molar-refractivity contribution in [2.75, 3.05) is 18.4 Å². The van der Waals surface area contributed by atoms with Crippen molar-refractivity contribution < 1.29 is 17.6 Å². The summed E-state index contributed by atoms with van der Waals surface area (Å²) in [5.74, 6) is -0.590. The van der Waals surface area contributed by atoms with Gasteiger partial charge in [-0.25, -0.2) is 12.8 Å². The number of sulfonamides is 1. The first kappa shape index (κ1) is 22.4. The Labute approximate surface area is 170 Å². The molecule has 0 spiro atoms. The Hall–Kier alpha value is -1.90. The standard InChI is InChI=1S/C20H25FN2O3S2/c1-5-23(6-2)28(25,26)19-13-17(10-7-14(19)3)22-20(24)15(4)27-18-11-8-16(21)9-12-18/h7-13,15H,5-6H2,1-4H3,(H,22,24)/t15-/m0/s1. The van der Waals surface area contributed by atoms with Crippen molar-refractivity contribution in [3.8, 4) is 0 Å². The fourth-order valence-electron chi connectivity index (χ4n) is 2.67. The van der Waals surface area contributed by atoms with Crippen LogP contribution in [-0.2, 0) is 14.8 Å². The van der Waals surface area contributed by atoms with Gasteiger partial charge in [0.2, 0.25) is 15.9 Å². The number of thioether (sulfide) groups is 1. The van der Waals surface area contributed by atoms with Gasteiger partial charge in [-0.05, 0) is 55.8 Å². The van der Waals surface area contributed by atoms with Crippen molar-refractivity contribution in [2.24, 2.45) is 0 Å². The second kappa shape index (κ2) is 9.54. The molecular formula is C20H25FN2O3S2. The van der Waals surface area contributed by atoms with Gasteiger partial charge >= 0.3 is 0 Å². The molecule has 0 unspecified atom stereocenters. The van der Waals surface area contributed by atoms with E-state index < -0.39 is 15.3 Å². The van der Waals surface area contributed by atoms with Gasteiger partial charge in [-0.15, -0.1) is 11.8 Å². The lowest BCUT2D eigenvalue weighted by atomic mass is 10.2. The molecule has 0 saturated heterocycles. The predicted molar refractivity (Wildman–Crippen MR) is 112 cm³/mol. The Balaban J connectivity index is 2.17. The molecule has 2 aromatic rings. The molecule has 0 bridgehead atoms. The van der Waals surface area contributed by atoms with Gasteiger partial charge in [-0.2, -0.15) is 4.31 Å². The molecular weight excluding hydrogens is 399 g/mol. The predicted octanol–water partition coefficient (Wildman–Crippen LogP) is 4.28. The lowest BCUT2D eigenvalue weighted by molar-refractivity contribution is -0.115. The summed E-state index contributed by atoms with van der Waals surface area (Å²) >= 11 is 1.30. The van der Waals surface area contributed by atoms with E-state index in [1.54, 1.807) is 52.0 Å². The number of carbonyl (C=O) groups excluding carboxylic acids is 1. The van der Waals surface area contributed by atoms with E-state index in [1.807, 2.05) is 0 Å². The number of aryl methyl sites for hydroxylation is 1. The van der Waals surface area contributed by atoms with E-state index >= 15 is 0 Å². The molecule has 8 heteroatoms. The van der Waals surface area contributed by atoms with Gasteiger partial charge in [0, 0.05) is 23.7 Å². The van der Waals surface area contributed by atoms with Crippen molar-refractivity contribution in [1.82, 2.24) is 4.31 Å². The van der Waals surface area contributed by atoms with Crippen LogP contribution in [0.4, 0.5) is 10.1 Å². The van der Waals surface area contributed by atoms with E-state index in [9.17, 15) is 17.6 Å². The van der Waals surface area contributed by atoms with Crippen molar-refractivity contribution >= 4 is 33.4 Å². The van der Waals surface area contributed by atoms with Crippen LogP contribution in [0.5, 0.6) is 0 Å². The molecule has 0 saturated carbocycles. The van der Waals surface area contributed by atoms with Crippen LogP contribution in [0.3, 0.4) is 0 Å². The summed E-state index contributed by atoms with van der Waals surface area (Å²) in [6.07, 6.45) is 0. The van der Waals surface area contributed by atoms with Crippen LogP contribution in [-0.4, -0.2) is 37.0 Å². The molecule has 2 rings (SSSR count). The first-order valence-electron chi connectivity index (χ1n) is 9.03. The minimum atomic E-state index is -3.62. The van der Waals surface area contributed by atoms with Crippen LogP contribution >= 0.6 is 11.8 Å². The summed E-state index contributed by atoms with van der Waals surface area (Å²) < 4.78 is 40.1. The number of nitrogens with one attached hydrogen (secondary N) is 1. The molecule has 152 valence electrons. The van der Waals surface area contributed by atoms with E-state index in [1.165, 1.54) is 34.3 Å². The molecule has 0 aliphatic carbocycles. The average Bonchev–Trinajstić information content (AvgIpc) is 2.65. The maximum Gasteiger partial charge on any atom is 0.243 e. The average molecular weight is 425 g/mol. The molecule has 0 fully saturated rings. The molecule has 28 heavy (non-hydrogen) atoms. The molecule has 1 atom stereocenters. The molecule has 1 N–H and O–H groups in total. The molecule has 0 radical (unpaired) electrons. The minimum absolute atomic E-state index is 0.188. The normalized spacial score (nSPS) is 12.8. The van der Waals surface area contributed by atoms with Crippen molar-refractivity contribution in [3.63, 3.8) is 0 Å². The van der Waals surface area contributed by atoms with E-state index in [2.05, 4.69) is 5.32 Å². The maximum absolute atomic E-state index is 13.0. The summed E-state index contributed by atoms with van der Waals surface area (Å²) in [5.41, 5.74) is 1.05. The summed E-state index contributed by atoms with van der Waals surface area (Å²) in [6.45, 7) is 7.80. The number of rotatable bonds is 8. The number of anilines is 1. The fourth-order valence-corrected chi connectivity index (χ4v) is 5.25. The van der Waals surface area contributed by atoms with Gasteiger partial charge in [0.25, 0.3) is 0 Å². The number of hydrogen-bond donors (Lipinski definition) is 1. The lowest BCUT2D eigenvalue weighted by Gasteiger charge is -2.20. The van der Waals surface area contributed by atoms with Gasteiger partial charge in [0.15, 0.2) is 0 Å². The number of benzene rings is 2. The van der Waals surface area contributed by atoms with E-state index in [-0.39, 0.29) is 16.6 Å². The number of nitrogens with zero attached hydrogens (tertiary/aromatic N) is 1. The molecule has 5 nitrogen and oxygen atoms in total. The third kappa shape index (κ3) is 5.33. The van der Waals surface area contributed by atoms with Crippen LogP contribution in [0.1, 0.15) is 26.3 Å². The zero-order valence-corrected chi connectivity index (χ0v) is 18.0. The SMILES string of the molecule is CCN(CC)S(=O)(=O)c1cc(NC(=O)[C@H](C)Sc2ccc(F)cc2)ccc1C. The highest BCUT2D eigenvalue weighted by atomic mass is 32.2. The lowest BCUT2D eigenvalue weighted by Crippen LogP contribution is -2.31. The van der Waals surface area contributed by atoms with Gasteiger partial charge in [0.1, 0.15) is 5.82 Å². The molecule has 0 aliphatic heterocycles. The Bertz CT molecular complexity index is 927. The number of hydrogen-bond acceptors (Lipinski definition) is 4. The van der Waals surface area contributed by atoms with Gasteiger partial charge < -0.3 is 5.32 Å². The maximum atomic E-state index is 13.0. The summed E-state index contributed by atoms with van der Waals surface area (Å²) in [7, 11) is -3.62. The monoisotopic (exact) mass is 424 g/mol. The second-order valence-electron chi connectivity index (χ2n) is 6.27. The topological polar surface area (TPSA) is 66.5 Å². The quantitative estimate of drug-likeness (QED) is 0.642. The van der Waals surface area contributed by atoms with Gasteiger partial charge in [-0.3, -0.25) is 4.79 Å². The molecule has 0 heterocycles. The van der Waals surface area contributed by atoms with E-state index in [0.717, 1.165) is 4.90 Å². The first-order valence-corrected chi connectivity index (χ1v) is 11.3. The van der Waals surface area contributed by atoms with Gasteiger partial charge in [0.05, 0.1) is 10.1 Å². The third-order valence-corrected chi connectivity index (χ3v) is 7.58. The highest BCUT2D eigenvalue weighted by Crippen LogP contribution is 2.26. The van der Waals surface area contributed by atoms with Crippen LogP contribution < -0.4 is 5.32 Å². The van der Waals surface area contributed by atoms with Crippen LogP contribution in [0, 0.1) is 12.7 Å². The first-order chi connectivity index (χ1) is 13.2. The fraction of sp³-hybridized carbons (Fsp3) is 0.350. The molecule has 1 amide bonds. The van der Waals surface area contributed by atoms with Crippen molar-refractivity contribution in [1.29, 1.82) is 0 Å². The Morgan fingerprint density at radius 2 is 1.75 bits per heavy atom. The second-order valence-corrected chi connectivity index (χ2v) is 9.59. The Kier molecular flexibility index (Phi) is 7.63. The molecule has 0 aromatic heterocycles. The van der Waals surface area contributed by atoms with Crippen LogP contribution in [0.15, 0.2) is 52.3 Å². The zero-order valence-electron chi connectivity index (χ0n) is 16.4. The number of halogens is 1. The third-order valence-electron chi connectivity index (χ3n) is 4.27. The molecule has 0 aliphatic rings. The van der Waals surface area contributed by atoms with Crippen LogP contribution in [0.2, 0.25) is 0 Å². The Morgan fingerprint density at radius 1 is 1.14 bits per heavy atom. The van der Waals surface area contributed by atoms with E-state index in [0.29, 0.717) is 24.3 Å². The number of amides is 1. The molecule has 2 aromatic carbocycles. The summed E-state index contributed by atoms with van der Waals surface area (Å²) in [6, 6.07) is 10.8.